The van der Waals surface area contributed by atoms with Crippen molar-refractivity contribution in [3.05, 3.63) is 57.4 Å². The molecule has 2 atom stereocenters. The van der Waals surface area contributed by atoms with Gasteiger partial charge in [-0.05, 0) is 32.4 Å². The molecule has 8 nitrogen and oxygen atoms in total. The number of aryl methyl sites for hydroxylation is 1. The number of aromatic nitrogens is 4. The van der Waals surface area contributed by atoms with E-state index in [1.807, 2.05) is 43.8 Å². The highest BCUT2D eigenvalue weighted by atomic mass is 32.2. The minimum atomic E-state index is -2.96. The predicted molar refractivity (Wildman–Crippen MR) is 111 cm³/mol. The van der Waals surface area contributed by atoms with Crippen molar-refractivity contribution in [3.63, 3.8) is 0 Å². The number of sulfone groups is 1. The molecule has 3 heterocycles. The van der Waals surface area contributed by atoms with Gasteiger partial charge in [0.05, 0.1) is 46.8 Å². The number of fused-ring (bicyclic) bond motifs is 1. The van der Waals surface area contributed by atoms with Gasteiger partial charge in [-0.15, -0.1) is 0 Å². The van der Waals surface area contributed by atoms with Gasteiger partial charge >= 0.3 is 0 Å². The molecule has 154 valence electrons. The van der Waals surface area contributed by atoms with Crippen molar-refractivity contribution in [2.45, 2.75) is 39.4 Å². The zero-order chi connectivity index (χ0) is 20.8. The molecule has 1 aliphatic rings. The van der Waals surface area contributed by atoms with E-state index in [4.69, 9.17) is 0 Å². The second kappa shape index (κ2) is 7.38. The van der Waals surface area contributed by atoms with Crippen LogP contribution in [0, 0.1) is 13.8 Å². The Kier molecular flexibility index (Phi) is 5.04. The fraction of sp³-hybridized carbons (Fsp3) is 0.450. The highest BCUT2D eigenvalue weighted by Gasteiger charge is 2.31. The third-order valence-electron chi connectivity index (χ3n) is 5.64. The summed E-state index contributed by atoms with van der Waals surface area (Å²) in [5, 5.41) is 5.23. The maximum absolute atomic E-state index is 12.3. The van der Waals surface area contributed by atoms with Gasteiger partial charge in [-0.1, -0.05) is 12.1 Å². The van der Waals surface area contributed by atoms with E-state index in [1.165, 1.54) is 0 Å². The largest absolute Gasteiger partial charge is 0.327 e. The van der Waals surface area contributed by atoms with Crippen molar-refractivity contribution in [3.8, 4) is 0 Å². The number of quaternary nitrogens is 1. The summed E-state index contributed by atoms with van der Waals surface area (Å²) in [5.41, 5.74) is 3.63. The minimum Gasteiger partial charge on any atom is -0.327 e. The molecule has 2 aromatic heterocycles. The lowest BCUT2D eigenvalue weighted by Gasteiger charge is -2.15. The van der Waals surface area contributed by atoms with Crippen molar-refractivity contribution in [1.82, 2.24) is 19.7 Å². The summed E-state index contributed by atoms with van der Waals surface area (Å²) in [5.74, 6) is 1.05. The highest BCUT2D eigenvalue weighted by molar-refractivity contribution is 7.91. The van der Waals surface area contributed by atoms with Crippen LogP contribution >= 0.6 is 0 Å². The molecule has 3 aromatic rings. The molecule has 0 radical (unpaired) electrons. The van der Waals surface area contributed by atoms with E-state index in [1.54, 1.807) is 6.07 Å². The number of hydrogen-bond donors (Lipinski definition) is 2. The average molecular weight is 417 g/mol. The molecule has 1 fully saturated rings. The van der Waals surface area contributed by atoms with Gasteiger partial charge in [0.15, 0.2) is 15.7 Å². The number of H-pyrrole nitrogens is 1. The van der Waals surface area contributed by atoms with E-state index < -0.39 is 9.84 Å². The first kappa shape index (κ1) is 19.8. The molecule has 1 saturated heterocycles. The first-order chi connectivity index (χ1) is 13.7. The van der Waals surface area contributed by atoms with Crippen molar-refractivity contribution >= 4 is 20.7 Å². The molecule has 29 heavy (non-hydrogen) atoms. The molecule has 0 saturated carbocycles. The predicted octanol–water partition coefficient (Wildman–Crippen LogP) is 0.311. The standard InChI is InChI=1S/C20H25N5O3S/c1-13-17(14(2)25(23-13)15-8-9-29(27,28)12-15)10-24(3)11-19-21-18-7-5-4-6-16(18)20(26)22-19/h4-7,15H,8-12H2,1-3H3,(H,21,22,26)/p+1/t15-/m0/s1. The zero-order valence-corrected chi connectivity index (χ0v) is 17.7. The Labute approximate surface area is 169 Å². The molecular weight excluding hydrogens is 390 g/mol. The summed E-state index contributed by atoms with van der Waals surface area (Å²) in [6.45, 7) is 5.25. The van der Waals surface area contributed by atoms with Crippen LogP contribution in [0.1, 0.15) is 35.2 Å². The third-order valence-corrected chi connectivity index (χ3v) is 7.39. The molecule has 0 aliphatic carbocycles. The van der Waals surface area contributed by atoms with Crippen LogP contribution in [0.4, 0.5) is 0 Å². The fourth-order valence-corrected chi connectivity index (χ4v) is 5.84. The Morgan fingerprint density at radius 2 is 2.00 bits per heavy atom. The summed E-state index contributed by atoms with van der Waals surface area (Å²) >= 11 is 0. The normalized spacial score (nSPS) is 19.6. The van der Waals surface area contributed by atoms with Crippen LogP contribution in [-0.4, -0.2) is 46.7 Å². The maximum atomic E-state index is 12.3. The molecule has 0 bridgehead atoms. The van der Waals surface area contributed by atoms with E-state index >= 15 is 0 Å². The topological polar surface area (TPSA) is 102 Å². The van der Waals surface area contributed by atoms with Gasteiger partial charge < -0.3 is 9.88 Å². The van der Waals surface area contributed by atoms with Gasteiger partial charge in [-0.3, -0.25) is 9.48 Å². The summed E-state index contributed by atoms with van der Waals surface area (Å²) in [6.07, 6.45) is 0.620. The van der Waals surface area contributed by atoms with E-state index in [9.17, 15) is 13.2 Å². The molecule has 0 spiro atoms. The Hall–Kier alpha value is -2.52. The molecule has 2 N–H and O–H groups in total. The number of benzene rings is 1. The van der Waals surface area contributed by atoms with E-state index in [-0.39, 0.29) is 23.1 Å². The quantitative estimate of drug-likeness (QED) is 0.623. The lowest BCUT2D eigenvalue weighted by molar-refractivity contribution is -0.908. The van der Waals surface area contributed by atoms with E-state index in [0.29, 0.717) is 36.2 Å². The van der Waals surface area contributed by atoms with Crippen LogP contribution in [0.2, 0.25) is 0 Å². The number of para-hydroxylation sites is 1. The molecular formula is C20H26N5O3S+. The molecule has 4 rings (SSSR count). The van der Waals surface area contributed by atoms with Crippen LogP contribution in [0.5, 0.6) is 0 Å². The summed E-state index contributed by atoms with van der Waals surface area (Å²) in [4.78, 5) is 20.9. The van der Waals surface area contributed by atoms with Gasteiger partial charge in [0.25, 0.3) is 5.56 Å². The second-order valence-corrected chi connectivity index (χ2v) is 10.2. The molecule has 0 amide bonds. The number of rotatable bonds is 5. The van der Waals surface area contributed by atoms with Gasteiger partial charge in [-0.25, -0.2) is 13.4 Å². The first-order valence-electron chi connectivity index (χ1n) is 9.78. The highest BCUT2D eigenvalue weighted by Crippen LogP contribution is 2.26. The minimum absolute atomic E-state index is 0.0775. The van der Waals surface area contributed by atoms with Crippen molar-refractivity contribution in [1.29, 1.82) is 0 Å². The summed E-state index contributed by atoms with van der Waals surface area (Å²) in [6, 6.07) is 7.24. The van der Waals surface area contributed by atoms with E-state index in [0.717, 1.165) is 21.9 Å². The maximum Gasteiger partial charge on any atom is 0.258 e. The lowest BCUT2D eigenvalue weighted by atomic mass is 10.1. The Morgan fingerprint density at radius 3 is 2.72 bits per heavy atom. The van der Waals surface area contributed by atoms with Crippen LogP contribution in [0.25, 0.3) is 10.9 Å². The van der Waals surface area contributed by atoms with Crippen molar-refractivity contribution < 1.29 is 13.3 Å². The van der Waals surface area contributed by atoms with Crippen LogP contribution in [-0.2, 0) is 22.9 Å². The Balaban J connectivity index is 1.53. The van der Waals surface area contributed by atoms with Crippen LogP contribution < -0.4 is 10.5 Å². The fourth-order valence-electron chi connectivity index (χ4n) is 4.15. The Bertz CT molecular complexity index is 1230. The molecule has 9 heteroatoms. The number of aromatic amines is 1. The zero-order valence-electron chi connectivity index (χ0n) is 16.9. The van der Waals surface area contributed by atoms with Crippen LogP contribution in [0.3, 0.4) is 0 Å². The summed E-state index contributed by atoms with van der Waals surface area (Å²) in [7, 11) is -0.911. The molecule has 1 aromatic carbocycles. The smallest absolute Gasteiger partial charge is 0.258 e. The van der Waals surface area contributed by atoms with Gasteiger partial charge in [-0.2, -0.15) is 5.10 Å². The summed E-state index contributed by atoms with van der Waals surface area (Å²) < 4.78 is 25.6. The SMILES string of the molecule is Cc1nn([C@H]2CCS(=O)(=O)C2)c(C)c1C[NH+](C)Cc1nc2ccccc2c(=O)[nH]1. The molecule has 1 unspecified atom stereocenters. The Morgan fingerprint density at radius 1 is 1.24 bits per heavy atom. The number of nitrogens with one attached hydrogen (secondary N) is 2. The number of nitrogens with zero attached hydrogens (tertiary/aromatic N) is 3. The van der Waals surface area contributed by atoms with Gasteiger partial charge in [0.2, 0.25) is 0 Å². The second-order valence-electron chi connectivity index (χ2n) is 7.99. The van der Waals surface area contributed by atoms with Crippen LogP contribution in [0.15, 0.2) is 29.1 Å². The number of hydrogen-bond acceptors (Lipinski definition) is 5. The monoisotopic (exact) mass is 416 g/mol. The van der Waals surface area contributed by atoms with E-state index in [2.05, 4.69) is 15.1 Å². The molecule has 1 aliphatic heterocycles. The third kappa shape index (κ3) is 3.97. The van der Waals surface area contributed by atoms with Gasteiger partial charge in [0, 0.05) is 5.69 Å². The van der Waals surface area contributed by atoms with Crippen molar-refractivity contribution in [2.24, 2.45) is 0 Å². The first-order valence-corrected chi connectivity index (χ1v) is 11.6. The van der Waals surface area contributed by atoms with Gasteiger partial charge in [0.1, 0.15) is 13.1 Å². The lowest BCUT2D eigenvalue weighted by Crippen LogP contribution is -3.06. The van der Waals surface area contributed by atoms with Crippen molar-refractivity contribution in [2.75, 3.05) is 18.6 Å². The average Bonchev–Trinajstić information content (AvgIpc) is 3.15.